The van der Waals surface area contributed by atoms with Crippen molar-refractivity contribution in [1.82, 2.24) is 10.2 Å². The van der Waals surface area contributed by atoms with Crippen LogP contribution in [0.25, 0.3) is 10.8 Å². The topological polar surface area (TPSA) is 87.7 Å². The van der Waals surface area contributed by atoms with Crippen LogP contribution in [0.2, 0.25) is 0 Å². The summed E-state index contributed by atoms with van der Waals surface area (Å²) in [6, 6.07) is 19.6. The Kier molecular flexibility index (Phi) is 8.28. The van der Waals surface area contributed by atoms with Crippen LogP contribution in [-0.4, -0.2) is 40.5 Å². The molecule has 0 spiro atoms. The number of nitrogens with one attached hydrogen (secondary N) is 2. The van der Waals surface area contributed by atoms with Gasteiger partial charge in [0.15, 0.2) is 0 Å². The van der Waals surface area contributed by atoms with E-state index in [9.17, 15) is 14.4 Å². The SMILES string of the molecule is Cc1cccc(C(C(=O)Nc2ccc3ccccc3c2)N(C(=O)C(NC(=O)OC(C)(C)C)C(C)C)C2CC2)c1. The highest BCUT2D eigenvalue weighted by atomic mass is 16.6. The Balaban J connectivity index is 1.68. The lowest BCUT2D eigenvalue weighted by molar-refractivity contribution is -0.142. The van der Waals surface area contributed by atoms with Gasteiger partial charge in [-0.15, -0.1) is 0 Å². The Morgan fingerprint density at radius 3 is 2.23 bits per heavy atom. The minimum atomic E-state index is -0.863. The molecule has 7 heteroatoms. The average Bonchev–Trinajstić information content (AvgIpc) is 3.69. The van der Waals surface area contributed by atoms with E-state index >= 15 is 0 Å². The number of rotatable bonds is 8. The van der Waals surface area contributed by atoms with Crippen LogP contribution in [0.1, 0.15) is 64.6 Å². The predicted molar refractivity (Wildman–Crippen MR) is 154 cm³/mol. The molecule has 2 N–H and O–H groups in total. The number of alkyl carbamates (subject to hydrolysis) is 1. The van der Waals surface area contributed by atoms with Gasteiger partial charge in [-0.3, -0.25) is 9.59 Å². The van der Waals surface area contributed by atoms with Crippen LogP contribution in [0, 0.1) is 12.8 Å². The van der Waals surface area contributed by atoms with Crippen LogP contribution in [0.5, 0.6) is 0 Å². The first-order chi connectivity index (χ1) is 18.4. The largest absolute Gasteiger partial charge is 0.444 e. The number of hydrogen-bond acceptors (Lipinski definition) is 4. The summed E-state index contributed by atoms with van der Waals surface area (Å²) in [5.74, 6) is -0.803. The van der Waals surface area contributed by atoms with E-state index in [4.69, 9.17) is 4.74 Å². The van der Waals surface area contributed by atoms with Crippen molar-refractivity contribution in [3.63, 3.8) is 0 Å². The summed E-state index contributed by atoms with van der Waals surface area (Å²) in [4.78, 5) is 42.5. The predicted octanol–water partition coefficient (Wildman–Crippen LogP) is 6.37. The Hall–Kier alpha value is -3.87. The van der Waals surface area contributed by atoms with Crippen molar-refractivity contribution in [2.75, 3.05) is 5.32 Å². The zero-order valence-electron chi connectivity index (χ0n) is 23.7. The molecule has 2 atom stereocenters. The second kappa shape index (κ2) is 11.5. The molecule has 206 valence electrons. The van der Waals surface area contributed by atoms with Gasteiger partial charge in [0, 0.05) is 11.7 Å². The van der Waals surface area contributed by atoms with E-state index in [0.717, 1.165) is 34.7 Å². The van der Waals surface area contributed by atoms with E-state index in [2.05, 4.69) is 10.6 Å². The summed E-state index contributed by atoms with van der Waals surface area (Å²) in [6.07, 6.45) is 0.946. The van der Waals surface area contributed by atoms with Crippen molar-refractivity contribution in [3.8, 4) is 0 Å². The highest BCUT2D eigenvalue weighted by Crippen LogP contribution is 2.37. The molecule has 3 aromatic carbocycles. The molecule has 3 amide bonds. The summed E-state index contributed by atoms with van der Waals surface area (Å²) in [5.41, 5.74) is 1.68. The van der Waals surface area contributed by atoms with Gasteiger partial charge in [0.1, 0.15) is 17.7 Å². The maximum Gasteiger partial charge on any atom is 0.408 e. The maximum absolute atomic E-state index is 14.2. The van der Waals surface area contributed by atoms with Gasteiger partial charge in [-0.05, 0) is 74.9 Å². The van der Waals surface area contributed by atoms with Crippen LogP contribution in [0.3, 0.4) is 0 Å². The molecule has 2 unspecified atom stereocenters. The fourth-order valence-electron chi connectivity index (χ4n) is 4.74. The summed E-state index contributed by atoms with van der Waals surface area (Å²) < 4.78 is 5.45. The van der Waals surface area contributed by atoms with Crippen molar-refractivity contribution in [2.45, 2.75) is 78.1 Å². The van der Waals surface area contributed by atoms with Crippen LogP contribution in [0.15, 0.2) is 66.7 Å². The molecule has 0 saturated heterocycles. The van der Waals surface area contributed by atoms with Gasteiger partial charge in [0.25, 0.3) is 5.91 Å². The molecule has 0 radical (unpaired) electrons. The molecule has 0 bridgehead atoms. The Morgan fingerprint density at radius 1 is 0.923 bits per heavy atom. The Bertz CT molecular complexity index is 1360. The Labute approximate surface area is 230 Å². The standard InChI is InChI=1S/C32H39N3O4/c1-20(2)27(34-31(38)39-32(4,5)6)30(37)35(26-16-17-26)28(24-13-9-10-21(3)18-24)29(36)33-25-15-14-22-11-7-8-12-23(22)19-25/h7-15,18-20,26-28H,16-17H2,1-6H3,(H,33,36)(H,34,38). The highest BCUT2D eigenvalue weighted by Gasteiger charge is 2.44. The molecule has 39 heavy (non-hydrogen) atoms. The van der Waals surface area contributed by atoms with Crippen molar-refractivity contribution >= 4 is 34.4 Å². The zero-order chi connectivity index (χ0) is 28.3. The van der Waals surface area contributed by atoms with Gasteiger partial charge in [0.05, 0.1) is 0 Å². The highest BCUT2D eigenvalue weighted by molar-refractivity contribution is 6.00. The van der Waals surface area contributed by atoms with Crippen molar-refractivity contribution in [2.24, 2.45) is 5.92 Å². The fourth-order valence-corrected chi connectivity index (χ4v) is 4.74. The minimum absolute atomic E-state index is 0.0907. The molecule has 3 aromatic rings. The molecule has 1 aliphatic rings. The third kappa shape index (κ3) is 7.16. The van der Waals surface area contributed by atoms with Gasteiger partial charge < -0.3 is 20.3 Å². The first-order valence-corrected chi connectivity index (χ1v) is 13.6. The van der Waals surface area contributed by atoms with Crippen molar-refractivity contribution < 1.29 is 19.1 Å². The lowest BCUT2D eigenvalue weighted by Gasteiger charge is -2.36. The van der Waals surface area contributed by atoms with E-state index in [1.165, 1.54) is 0 Å². The lowest BCUT2D eigenvalue weighted by atomic mass is 9.97. The molecule has 0 aromatic heterocycles. The normalized spacial score (nSPS) is 14.9. The zero-order valence-corrected chi connectivity index (χ0v) is 23.7. The lowest BCUT2D eigenvalue weighted by Crippen LogP contribution is -2.55. The smallest absolute Gasteiger partial charge is 0.408 e. The molecule has 0 aliphatic heterocycles. The van der Waals surface area contributed by atoms with Gasteiger partial charge in [-0.2, -0.15) is 0 Å². The van der Waals surface area contributed by atoms with Crippen molar-refractivity contribution in [3.05, 3.63) is 77.9 Å². The summed E-state index contributed by atoms with van der Waals surface area (Å²) in [7, 11) is 0. The van der Waals surface area contributed by atoms with Gasteiger partial charge in [-0.25, -0.2) is 4.79 Å². The van der Waals surface area contributed by atoms with Crippen molar-refractivity contribution in [1.29, 1.82) is 0 Å². The molecule has 0 heterocycles. The summed E-state index contributed by atoms with van der Waals surface area (Å²) >= 11 is 0. The monoisotopic (exact) mass is 529 g/mol. The van der Waals surface area contributed by atoms with Gasteiger partial charge in [0.2, 0.25) is 5.91 Å². The molecule has 4 rings (SSSR count). The number of nitrogens with zero attached hydrogens (tertiary/aromatic N) is 1. The third-order valence-electron chi connectivity index (χ3n) is 6.70. The van der Waals surface area contributed by atoms with E-state index in [-0.39, 0.29) is 23.8 Å². The van der Waals surface area contributed by atoms with E-state index < -0.39 is 23.8 Å². The number of aryl methyl sites for hydroxylation is 1. The number of carbonyl (C=O) groups is 3. The summed E-state index contributed by atoms with van der Waals surface area (Å²) in [5, 5.41) is 7.93. The molecular weight excluding hydrogens is 490 g/mol. The third-order valence-corrected chi connectivity index (χ3v) is 6.70. The number of carbonyl (C=O) groups excluding carboxylic acids is 3. The molecule has 1 aliphatic carbocycles. The number of fused-ring (bicyclic) bond motifs is 1. The Morgan fingerprint density at radius 2 is 1.62 bits per heavy atom. The fraction of sp³-hybridized carbons (Fsp3) is 0.406. The van der Waals surface area contributed by atoms with Crippen LogP contribution >= 0.6 is 0 Å². The summed E-state index contributed by atoms with van der Waals surface area (Å²) in [6.45, 7) is 11.1. The number of anilines is 1. The first kappa shape index (κ1) is 28.1. The maximum atomic E-state index is 14.2. The van der Waals surface area contributed by atoms with Crippen LogP contribution < -0.4 is 10.6 Å². The minimum Gasteiger partial charge on any atom is -0.444 e. The second-order valence-electron chi connectivity index (χ2n) is 11.7. The number of benzene rings is 3. The number of hydrogen-bond donors (Lipinski definition) is 2. The van der Waals surface area contributed by atoms with Crippen LogP contribution in [-0.2, 0) is 14.3 Å². The molecular formula is C32H39N3O4. The van der Waals surface area contributed by atoms with Gasteiger partial charge >= 0.3 is 6.09 Å². The van der Waals surface area contributed by atoms with Gasteiger partial charge in [-0.1, -0.05) is 74.0 Å². The number of ether oxygens (including phenoxy) is 1. The van der Waals surface area contributed by atoms with E-state index in [0.29, 0.717) is 5.69 Å². The van der Waals surface area contributed by atoms with E-state index in [1.54, 1.807) is 25.7 Å². The van der Waals surface area contributed by atoms with E-state index in [1.807, 2.05) is 87.5 Å². The second-order valence-corrected chi connectivity index (χ2v) is 11.7. The molecule has 7 nitrogen and oxygen atoms in total. The first-order valence-electron chi connectivity index (χ1n) is 13.6. The quantitative estimate of drug-likeness (QED) is 0.355. The molecule has 1 fully saturated rings. The number of amides is 3. The van der Waals surface area contributed by atoms with Crippen LogP contribution in [0.4, 0.5) is 10.5 Å². The molecule has 1 saturated carbocycles. The average molecular weight is 530 g/mol.